The van der Waals surface area contributed by atoms with Crippen molar-refractivity contribution in [3.63, 3.8) is 0 Å². The van der Waals surface area contributed by atoms with E-state index in [-0.39, 0.29) is 23.8 Å². The van der Waals surface area contributed by atoms with E-state index in [0.29, 0.717) is 23.1 Å². The number of nitrogens with two attached hydrogens (primary N) is 1. The SMILES string of the molecule is [CH2][CH]N([CH][CH2])c1ccc(-c2nc3cc(C(CC(N)=O)NCc4ccc(-c5nc(C(C)(C)C)cs5)cc4)ccc3n2Cc2ccc(Cl)c(Cl)c2)cc1. The van der Waals surface area contributed by atoms with Gasteiger partial charge in [0.25, 0.3) is 0 Å². The van der Waals surface area contributed by atoms with Crippen LogP contribution in [0.15, 0.2) is 90.3 Å². The molecule has 0 aliphatic rings. The predicted molar refractivity (Wildman–Crippen MR) is 212 cm³/mol. The van der Waals surface area contributed by atoms with Gasteiger partial charge in [0.05, 0.1) is 26.8 Å². The Morgan fingerprint density at radius 3 is 2.24 bits per heavy atom. The number of nitrogens with zero attached hydrogens (tertiary/aromatic N) is 4. The van der Waals surface area contributed by atoms with Crippen LogP contribution in [0, 0.1) is 26.9 Å². The van der Waals surface area contributed by atoms with Crippen LogP contribution in [0.25, 0.3) is 33.0 Å². The van der Waals surface area contributed by atoms with Crippen LogP contribution in [0.1, 0.15) is 55.6 Å². The van der Waals surface area contributed by atoms with Gasteiger partial charge in [0.15, 0.2) is 0 Å². The summed E-state index contributed by atoms with van der Waals surface area (Å²) in [6.07, 6.45) is 0.139. The second kappa shape index (κ2) is 15.6. The van der Waals surface area contributed by atoms with Gasteiger partial charge in [0.2, 0.25) is 5.91 Å². The molecule has 6 rings (SSSR count). The number of thiazole rings is 1. The molecule has 0 saturated heterocycles. The summed E-state index contributed by atoms with van der Waals surface area (Å²) in [6.45, 7) is 18.7. The summed E-state index contributed by atoms with van der Waals surface area (Å²) in [7, 11) is 0. The number of aromatic nitrogens is 3. The Morgan fingerprint density at radius 1 is 0.922 bits per heavy atom. The minimum atomic E-state index is -0.389. The number of amides is 1. The van der Waals surface area contributed by atoms with E-state index in [4.69, 9.17) is 38.9 Å². The molecule has 0 saturated carbocycles. The average Bonchev–Trinajstić information content (AvgIpc) is 3.75. The number of hydrogen-bond acceptors (Lipinski definition) is 6. The van der Waals surface area contributed by atoms with E-state index in [1.54, 1.807) is 30.5 Å². The van der Waals surface area contributed by atoms with Crippen LogP contribution in [0.3, 0.4) is 0 Å². The number of carbonyl (C=O) groups is 1. The van der Waals surface area contributed by atoms with E-state index in [0.717, 1.165) is 61.1 Å². The van der Waals surface area contributed by atoms with Gasteiger partial charge in [0, 0.05) is 66.3 Å². The Morgan fingerprint density at radius 2 is 1.61 bits per heavy atom. The maximum atomic E-state index is 12.3. The molecule has 6 aromatic rings. The quantitative estimate of drug-likeness (QED) is 0.123. The van der Waals surface area contributed by atoms with Crippen molar-refractivity contribution in [2.75, 3.05) is 4.90 Å². The van der Waals surface area contributed by atoms with E-state index >= 15 is 0 Å². The Balaban J connectivity index is 1.29. The van der Waals surface area contributed by atoms with Crippen molar-refractivity contribution >= 4 is 57.2 Å². The fourth-order valence-corrected chi connectivity index (χ4v) is 7.27. The first-order chi connectivity index (χ1) is 24.4. The molecular weight excluding hydrogens is 695 g/mol. The third-order valence-corrected chi connectivity index (χ3v) is 10.4. The third-order valence-electron chi connectivity index (χ3n) is 8.75. The zero-order valence-electron chi connectivity index (χ0n) is 28.9. The van der Waals surface area contributed by atoms with Crippen molar-refractivity contribution < 1.29 is 4.79 Å². The lowest BCUT2D eigenvalue weighted by molar-refractivity contribution is -0.118. The standard InChI is InChI=1S/C41H40Cl2N6OS/c1-6-48(7-2)31-16-13-28(14-17-31)39-46-35-21-30(15-19-36(35)49(39)24-27-10-18-32(42)33(43)20-27)34(22-38(44)50)45-23-26-8-11-29(12-9-26)40-47-37(25-51-40)41(3,4)5/h6-21,25,34,45H,1-2,22-24H2,3-5H3,(H2,44,50). The van der Waals surface area contributed by atoms with Crippen LogP contribution in [-0.4, -0.2) is 20.4 Å². The molecule has 0 fully saturated rings. The monoisotopic (exact) mass is 734 g/mol. The zero-order valence-corrected chi connectivity index (χ0v) is 31.2. The van der Waals surface area contributed by atoms with Gasteiger partial charge in [-0.2, -0.15) is 0 Å². The first kappa shape index (κ1) is 36.6. The summed E-state index contributed by atoms with van der Waals surface area (Å²) < 4.78 is 2.16. The molecule has 2 aromatic heterocycles. The molecule has 0 spiro atoms. The maximum absolute atomic E-state index is 12.3. The summed E-state index contributed by atoms with van der Waals surface area (Å²) in [5.74, 6) is 0.401. The molecule has 1 unspecified atom stereocenters. The summed E-state index contributed by atoms with van der Waals surface area (Å²) in [6, 6.07) is 27.9. The number of carbonyl (C=O) groups excluding carboxylic acids is 1. The Kier molecular flexibility index (Phi) is 11.2. The third kappa shape index (κ3) is 8.47. The highest BCUT2D eigenvalue weighted by atomic mass is 35.5. The van der Waals surface area contributed by atoms with E-state index < -0.39 is 0 Å². The van der Waals surface area contributed by atoms with Gasteiger partial charge < -0.3 is 20.5 Å². The molecule has 3 N–H and O–H groups in total. The number of hydrogen-bond donors (Lipinski definition) is 2. The number of rotatable bonds is 13. The van der Waals surface area contributed by atoms with Crippen LogP contribution in [0.2, 0.25) is 10.0 Å². The summed E-state index contributed by atoms with van der Waals surface area (Å²) in [4.78, 5) is 24.1. The smallest absolute Gasteiger partial charge is 0.219 e. The van der Waals surface area contributed by atoms with E-state index in [9.17, 15) is 4.79 Å². The lowest BCUT2D eigenvalue weighted by atomic mass is 9.93. The van der Waals surface area contributed by atoms with Gasteiger partial charge in [-0.05, 0) is 79.1 Å². The van der Waals surface area contributed by atoms with Crippen molar-refractivity contribution in [3.05, 3.63) is 150 Å². The van der Waals surface area contributed by atoms with Crippen LogP contribution >= 0.6 is 34.5 Å². The molecule has 4 aromatic carbocycles. The fraction of sp³-hybridized carbons (Fsp3) is 0.195. The molecule has 0 aliphatic carbocycles. The molecule has 2 heterocycles. The maximum Gasteiger partial charge on any atom is 0.219 e. The van der Waals surface area contributed by atoms with Gasteiger partial charge >= 0.3 is 0 Å². The normalized spacial score (nSPS) is 12.4. The number of imidazole rings is 1. The lowest BCUT2D eigenvalue weighted by Crippen LogP contribution is -2.26. The van der Waals surface area contributed by atoms with E-state index in [1.165, 1.54) is 0 Å². The van der Waals surface area contributed by atoms with Crippen molar-refractivity contribution in [2.45, 2.75) is 51.7 Å². The number of nitrogens with one attached hydrogen (secondary N) is 1. The van der Waals surface area contributed by atoms with Crippen LogP contribution in [-0.2, 0) is 23.3 Å². The van der Waals surface area contributed by atoms with Crippen molar-refractivity contribution in [1.82, 2.24) is 19.9 Å². The van der Waals surface area contributed by atoms with Crippen molar-refractivity contribution in [3.8, 4) is 22.0 Å². The molecule has 7 nitrogen and oxygen atoms in total. The zero-order chi connectivity index (χ0) is 36.3. The van der Waals surface area contributed by atoms with Gasteiger partial charge in [-0.25, -0.2) is 9.97 Å². The molecule has 260 valence electrons. The Labute approximate surface area is 314 Å². The number of anilines is 1. The highest BCUT2D eigenvalue weighted by molar-refractivity contribution is 7.13. The lowest BCUT2D eigenvalue weighted by Gasteiger charge is -2.20. The average molecular weight is 736 g/mol. The first-order valence-electron chi connectivity index (χ1n) is 16.6. The molecule has 10 heteroatoms. The molecule has 4 radical (unpaired) electrons. The summed E-state index contributed by atoms with van der Waals surface area (Å²) in [5.41, 5.74) is 14.5. The highest BCUT2D eigenvalue weighted by Crippen LogP contribution is 2.33. The topological polar surface area (TPSA) is 89.1 Å². The Hall–Kier alpha value is -4.21. The molecule has 1 amide bonds. The minimum Gasteiger partial charge on any atom is -0.370 e. The molecule has 0 aliphatic heterocycles. The van der Waals surface area contributed by atoms with E-state index in [2.05, 4.69) is 80.2 Å². The Bertz CT molecular complexity index is 2130. The fourth-order valence-electron chi connectivity index (χ4n) is 5.90. The summed E-state index contributed by atoms with van der Waals surface area (Å²) in [5, 5.41) is 7.70. The summed E-state index contributed by atoms with van der Waals surface area (Å²) >= 11 is 14.3. The highest BCUT2D eigenvalue weighted by Gasteiger charge is 2.20. The molecule has 51 heavy (non-hydrogen) atoms. The second-order valence-electron chi connectivity index (χ2n) is 13.4. The number of primary amides is 1. The van der Waals surface area contributed by atoms with Gasteiger partial charge in [-0.15, -0.1) is 11.3 Å². The number of halogens is 2. The molecule has 1 atom stereocenters. The van der Waals surface area contributed by atoms with Crippen LogP contribution < -0.4 is 16.0 Å². The molecular formula is C41H40Cl2N6OS. The van der Waals surface area contributed by atoms with Crippen molar-refractivity contribution in [1.29, 1.82) is 0 Å². The number of fused-ring (bicyclic) bond motifs is 1. The first-order valence-corrected chi connectivity index (χ1v) is 18.2. The largest absolute Gasteiger partial charge is 0.370 e. The van der Waals surface area contributed by atoms with Gasteiger partial charge in [-0.3, -0.25) is 4.79 Å². The van der Waals surface area contributed by atoms with Crippen LogP contribution in [0.4, 0.5) is 5.69 Å². The van der Waals surface area contributed by atoms with Gasteiger partial charge in [-0.1, -0.05) is 80.4 Å². The minimum absolute atomic E-state index is 0.00660. The number of benzene rings is 4. The van der Waals surface area contributed by atoms with Gasteiger partial charge in [0.1, 0.15) is 10.8 Å². The van der Waals surface area contributed by atoms with E-state index in [1.807, 2.05) is 53.4 Å². The van der Waals surface area contributed by atoms with Crippen molar-refractivity contribution in [2.24, 2.45) is 5.73 Å². The van der Waals surface area contributed by atoms with Crippen LogP contribution in [0.5, 0.6) is 0 Å². The molecule has 0 bridgehead atoms. The second-order valence-corrected chi connectivity index (χ2v) is 15.1. The predicted octanol–water partition coefficient (Wildman–Crippen LogP) is 9.98.